The van der Waals surface area contributed by atoms with E-state index in [0.717, 1.165) is 5.56 Å². The molecule has 5 nitrogen and oxygen atoms in total. The monoisotopic (exact) mass is 254 g/mol. The van der Waals surface area contributed by atoms with Crippen LogP contribution in [0.2, 0.25) is 0 Å². The van der Waals surface area contributed by atoms with Gasteiger partial charge < -0.3 is 5.11 Å². The Balaban J connectivity index is 2.38. The summed E-state index contributed by atoms with van der Waals surface area (Å²) in [5, 5.41) is 8.71. The van der Waals surface area contributed by atoms with E-state index >= 15 is 0 Å². The molecule has 0 radical (unpaired) electrons. The third-order valence-corrected chi connectivity index (χ3v) is 2.44. The van der Waals surface area contributed by atoms with E-state index < -0.39 is 12.0 Å². The van der Waals surface area contributed by atoms with Crippen LogP contribution < -0.4 is 10.9 Å². The summed E-state index contributed by atoms with van der Waals surface area (Å²) in [4.78, 5) is 22.1. The molecule has 0 fully saturated rings. The number of benzene rings is 1. The van der Waals surface area contributed by atoms with Crippen molar-refractivity contribution in [3.05, 3.63) is 35.9 Å². The maximum Gasteiger partial charge on any atom is 0.323 e. The van der Waals surface area contributed by atoms with E-state index in [1.54, 1.807) is 0 Å². The number of aliphatic carboxylic acids is 1. The SMILES string of the molecule is O=C(Cc1ccccc1)NNC(CS)C(=O)O. The third-order valence-electron chi connectivity index (χ3n) is 2.07. The van der Waals surface area contributed by atoms with Crippen LogP contribution in [0.3, 0.4) is 0 Å². The largest absolute Gasteiger partial charge is 0.480 e. The number of rotatable bonds is 6. The smallest absolute Gasteiger partial charge is 0.323 e. The van der Waals surface area contributed by atoms with Crippen molar-refractivity contribution in [1.29, 1.82) is 0 Å². The van der Waals surface area contributed by atoms with Crippen molar-refractivity contribution >= 4 is 24.5 Å². The topological polar surface area (TPSA) is 78.4 Å². The number of thiol groups is 1. The lowest BCUT2D eigenvalue weighted by atomic mass is 10.1. The van der Waals surface area contributed by atoms with Crippen molar-refractivity contribution in [2.75, 3.05) is 5.75 Å². The molecule has 1 unspecified atom stereocenters. The van der Waals surface area contributed by atoms with Crippen LogP contribution in [-0.2, 0) is 16.0 Å². The number of hydrogen-bond donors (Lipinski definition) is 4. The van der Waals surface area contributed by atoms with Crippen LogP contribution >= 0.6 is 12.6 Å². The number of hydrazine groups is 1. The molecule has 92 valence electrons. The molecule has 1 atom stereocenters. The van der Waals surface area contributed by atoms with Gasteiger partial charge in [0.2, 0.25) is 5.91 Å². The highest BCUT2D eigenvalue weighted by Crippen LogP contribution is 1.98. The van der Waals surface area contributed by atoms with Crippen LogP contribution in [0.5, 0.6) is 0 Å². The summed E-state index contributed by atoms with van der Waals surface area (Å²) in [6.45, 7) is 0. The van der Waals surface area contributed by atoms with Crippen LogP contribution in [0.1, 0.15) is 5.56 Å². The Kier molecular flexibility index (Phi) is 5.51. The first-order valence-electron chi connectivity index (χ1n) is 5.05. The second-order valence-corrected chi connectivity index (χ2v) is 3.79. The summed E-state index contributed by atoms with van der Waals surface area (Å²) in [6.07, 6.45) is 0.201. The van der Waals surface area contributed by atoms with Crippen LogP contribution in [0.4, 0.5) is 0 Å². The molecule has 1 aromatic rings. The number of amides is 1. The molecule has 0 saturated heterocycles. The fourth-order valence-electron chi connectivity index (χ4n) is 1.18. The number of carbonyl (C=O) groups excluding carboxylic acids is 1. The van der Waals surface area contributed by atoms with Crippen LogP contribution in [0, 0.1) is 0 Å². The number of nitrogens with one attached hydrogen (secondary N) is 2. The maximum atomic E-state index is 11.5. The van der Waals surface area contributed by atoms with Crippen molar-refractivity contribution in [1.82, 2.24) is 10.9 Å². The summed E-state index contributed by atoms with van der Waals surface area (Å²) >= 11 is 3.86. The zero-order chi connectivity index (χ0) is 12.7. The van der Waals surface area contributed by atoms with E-state index in [1.165, 1.54) is 0 Å². The molecule has 0 bridgehead atoms. The first kappa shape index (κ1) is 13.5. The number of carboxylic acid groups (broad SMARTS) is 1. The minimum absolute atomic E-state index is 0.0982. The molecule has 0 saturated carbocycles. The molecule has 6 heteroatoms. The molecule has 3 N–H and O–H groups in total. The van der Waals surface area contributed by atoms with E-state index in [-0.39, 0.29) is 18.1 Å². The summed E-state index contributed by atoms with van der Waals surface area (Å²) in [6, 6.07) is 8.30. The lowest BCUT2D eigenvalue weighted by molar-refractivity contribution is -0.139. The average molecular weight is 254 g/mol. The molecule has 17 heavy (non-hydrogen) atoms. The Labute approximate surface area is 105 Å². The van der Waals surface area contributed by atoms with Crippen LogP contribution in [0.25, 0.3) is 0 Å². The van der Waals surface area contributed by atoms with Gasteiger partial charge in [-0.1, -0.05) is 30.3 Å². The minimum atomic E-state index is -1.06. The van der Waals surface area contributed by atoms with E-state index in [4.69, 9.17) is 5.11 Å². The van der Waals surface area contributed by atoms with Crippen molar-refractivity contribution in [2.24, 2.45) is 0 Å². The van der Waals surface area contributed by atoms with Gasteiger partial charge in [0.1, 0.15) is 6.04 Å². The molecule has 0 spiro atoms. The predicted molar refractivity (Wildman–Crippen MR) is 66.7 cm³/mol. The number of carbonyl (C=O) groups is 2. The number of carboxylic acids is 1. The van der Waals surface area contributed by atoms with Gasteiger partial charge in [-0.3, -0.25) is 15.0 Å². The van der Waals surface area contributed by atoms with Gasteiger partial charge in [0, 0.05) is 5.75 Å². The van der Waals surface area contributed by atoms with E-state index in [9.17, 15) is 9.59 Å². The lowest BCUT2D eigenvalue weighted by Gasteiger charge is -2.12. The Morgan fingerprint density at radius 1 is 1.29 bits per heavy atom. The van der Waals surface area contributed by atoms with Crippen molar-refractivity contribution < 1.29 is 14.7 Å². The highest BCUT2D eigenvalue weighted by molar-refractivity contribution is 7.80. The van der Waals surface area contributed by atoms with Crippen molar-refractivity contribution in [3.63, 3.8) is 0 Å². The van der Waals surface area contributed by atoms with Crippen molar-refractivity contribution in [2.45, 2.75) is 12.5 Å². The van der Waals surface area contributed by atoms with Gasteiger partial charge in [-0.2, -0.15) is 12.6 Å². The van der Waals surface area contributed by atoms with Gasteiger partial charge in [-0.15, -0.1) is 0 Å². The van der Waals surface area contributed by atoms with Gasteiger partial charge >= 0.3 is 5.97 Å². The molecule has 1 rings (SSSR count). The zero-order valence-electron chi connectivity index (χ0n) is 9.09. The number of hydrogen-bond acceptors (Lipinski definition) is 4. The standard InChI is InChI=1S/C11H14N2O3S/c14-10(6-8-4-2-1-3-5-8)13-12-9(7-17)11(15)16/h1-5,9,12,17H,6-7H2,(H,13,14)(H,15,16). The van der Waals surface area contributed by atoms with Crippen LogP contribution in [0.15, 0.2) is 30.3 Å². The first-order valence-corrected chi connectivity index (χ1v) is 5.68. The molecule has 0 aromatic heterocycles. The highest BCUT2D eigenvalue weighted by Gasteiger charge is 2.15. The quantitative estimate of drug-likeness (QED) is 0.433. The predicted octanol–water partition coefficient (Wildman–Crippen LogP) is 0.233. The van der Waals surface area contributed by atoms with Gasteiger partial charge in [-0.25, -0.2) is 5.43 Å². The molecule has 0 aliphatic carbocycles. The molecular weight excluding hydrogens is 240 g/mol. The molecule has 0 aliphatic heterocycles. The third kappa shape index (κ3) is 4.88. The highest BCUT2D eigenvalue weighted by atomic mass is 32.1. The van der Waals surface area contributed by atoms with Gasteiger partial charge in [0.05, 0.1) is 6.42 Å². The van der Waals surface area contributed by atoms with E-state index in [0.29, 0.717) is 0 Å². The van der Waals surface area contributed by atoms with Gasteiger partial charge in [-0.05, 0) is 5.56 Å². The Hall–Kier alpha value is -1.53. The molecular formula is C11H14N2O3S. The molecule has 0 aliphatic rings. The Bertz CT molecular complexity index is 384. The second kappa shape index (κ2) is 6.93. The van der Waals surface area contributed by atoms with E-state index in [2.05, 4.69) is 23.5 Å². The Morgan fingerprint density at radius 3 is 2.47 bits per heavy atom. The fourth-order valence-corrected chi connectivity index (χ4v) is 1.43. The summed E-state index contributed by atoms with van der Waals surface area (Å²) < 4.78 is 0. The fraction of sp³-hybridized carbons (Fsp3) is 0.273. The van der Waals surface area contributed by atoms with Gasteiger partial charge in [0.15, 0.2) is 0 Å². The molecule has 0 heterocycles. The first-order chi connectivity index (χ1) is 8.13. The van der Waals surface area contributed by atoms with Crippen LogP contribution in [-0.4, -0.2) is 28.8 Å². The average Bonchev–Trinajstić information content (AvgIpc) is 2.30. The van der Waals surface area contributed by atoms with Gasteiger partial charge in [0.25, 0.3) is 0 Å². The normalized spacial score (nSPS) is 11.8. The molecule has 1 aromatic carbocycles. The van der Waals surface area contributed by atoms with Crippen molar-refractivity contribution in [3.8, 4) is 0 Å². The maximum absolute atomic E-state index is 11.5. The Morgan fingerprint density at radius 2 is 1.94 bits per heavy atom. The molecule has 1 amide bonds. The van der Waals surface area contributed by atoms with E-state index in [1.807, 2.05) is 30.3 Å². The zero-order valence-corrected chi connectivity index (χ0v) is 9.98. The summed E-state index contributed by atoms with van der Waals surface area (Å²) in [5.74, 6) is -1.25. The second-order valence-electron chi connectivity index (χ2n) is 3.43. The summed E-state index contributed by atoms with van der Waals surface area (Å²) in [5.41, 5.74) is 5.62. The summed E-state index contributed by atoms with van der Waals surface area (Å²) in [7, 11) is 0. The minimum Gasteiger partial charge on any atom is -0.480 e. The lowest BCUT2D eigenvalue weighted by Crippen LogP contribution is -2.49.